The summed E-state index contributed by atoms with van der Waals surface area (Å²) in [5.41, 5.74) is 7.32. The number of nitrogens with zero attached hydrogens (tertiary/aromatic N) is 5. The third-order valence-corrected chi connectivity index (χ3v) is 5.57. The molecule has 0 unspecified atom stereocenters. The molecule has 30 heavy (non-hydrogen) atoms. The second-order valence-electron chi connectivity index (χ2n) is 6.54. The van der Waals surface area contributed by atoms with Crippen molar-refractivity contribution in [1.29, 1.82) is 5.26 Å². The van der Waals surface area contributed by atoms with E-state index in [-0.39, 0.29) is 22.8 Å². The first kappa shape index (κ1) is 19.8. The van der Waals surface area contributed by atoms with E-state index in [4.69, 9.17) is 10.3 Å². The Kier molecular flexibility index (Phi) is 5.37. The topological polar surface area (TPSA) is 136 Å². The van der Waals surface area contributed by atoms with Gasteiger partial charge in [-0.3, -0.25) is 9.36 Å². The van der Waals surface area contributed by atoms with Crippen LogP contribution in [0, 0.1) is 11.3 Å². The molecule has 9 nitrogen and oxygen atoms in total. The van der Waals surface area contributed by atoms with Crippen LogP contribution in [0.25, 0.3) is 16.6 Å². The van der Waals surface area contributed by atoms with Crippen molar-refractivity contribution in [3.8, 4) is 11.9 Å². The number of nitrogens with one attached hydrogen (secondary N) is 1. The van der Waals surface area contributed by atoms with Crippen LogP contribution in [0.3, 0.4) is 0 Å². The summed E-state index contributed by atoms with van der Waals surface area (Å²) in [6, 6.07) is 10.9. The highest BCUT2D eigenvalue weighted by atomic mass is 127. The van der Waals surface area contributed by atoms with Crippen molar-refractivity contribution in [2.45, 2.75) is 17.4 Å². The fourth-order valence-electron chi connectivity index (χ4n) is 3.34. The van der Waals surface area contributed by atoms with Gasteiger partial charge in [0.05, 0.1) is 17.1 Å². The van der Waals surface area contributed by atoms with E-state index in [9.17, 15) is 10.1 Å². The average Bonchev–Trinajstić information content (AvgIpc) is 3.27. The third kappa shape index (κ3) is 3.37. The molecule has 1 aromatic carbocycles. The van der Waals surface area contributed by atoms with Gasteiger partial charge < -0.3 is 15.6 Å². The number of aromatic nitrogens is 4. The predicted molar refractivity (Wildman–Crippen MR) is 121 cm³/mol. The number of nitriles is 1. The first-order chi connectivity index (χ1) is 14.5. The largest absolute Gasteiger partial charge is 0.382 e. The van der Waals surface area contributed by atoms with Crippen molar-refractivity contribution >= 4 is 45.0 Å². The number of anilines is 2. The van der Waals surface area contributed by atoms with Gasteiger partial charge in [-0.25, -0.2) is 9.97 Å². The Balaban J connectivity index is 1.92. The molecule has 3 aromatic heterocycles. The van der Waals surface area contributed by atoms with Crippen LogP contribution in [-0.4, -0.2) is 19.7 Å². The Bertz CT molecular complexity index is 1330. The van der Waals surface area contributed by atoms with E-state index in [1.54, 1.807) is 6.07 Å². The summed E-state index contributed by atoms with van der Waals surface area (Å²) in [6.45, 7) is 1.86. The highest BCUT2D eigenvalue weighted by Crippen LogP contribution is 2.27. The van der Waals surface area contributed by atoms with Gasteiger partial charge in [0.1, 0.15) is 35.9 Å². The van der Waals surface area contributed by atoms with Gasteiger partial charge in [0.25, 0.3) is 5.56 Å². The summed E-state index contributed by atoms with van der Waals surface area (Å²) in [5, 5.41) is 18.0. The summed E-state index contributed by atoms with van der Waals surface area (Å²) in [4.78, 5) is 21.5. The van der Waals surface area contributed by atoms with Gasteiger partial charge in [-0.1, -0.05) is 45.9 Å². The summed E-state index contributed by atoms with van der Waals surface area (Å²) >= 11 is 2.24. The molecule has 1 atom stereocenters. The van der Waals surface area contributed by atoms with Crippen LogP contribution < -0.4 is 16.6 Å². The van der Waals surface area contributed by atoms with Crippen LogP contribution in [0.2, 0.25) is 0 Å². The maximum Gasteiger partial charge on any atom is 0.264 e. The summed E-state index contributed by atoms with van der Waals surface area (Å²) in [6.07, 6.45) is 2.69. The zero-order valence-electron chi connectivity index (χ0n) is 15.8. The first-order valence-electron chi connectivity index (χ1n) is 8.96. The van der Waals surface area contributed by atoms with Crippen LogP contribution in [-0.2, 0) is 4.43 Å². The van der Waals surface area contributed by atoms with E-state index in [1.807, 2.05) is 37.3 Å². The molecule has 3 N–H and O–H groups in total. The molecule has 0 saturated carbocycles. The van der Waals surface area contributed by atoms with Crippen molar-refractivity contribution in [3.05, 3.63) is 70.1 Å². The molecule has 0 spiro atoms. The normalized spacial score (nSPS) is 11.9. The molecule has 0 fully saturated rings. The molecule has 0 saturated heterocycles. The molecule has 0 aliphatic carbocycles. The fourth-order valence-corrected chi connectivity index (χ4v) is 3.98. The Hall–Kier alpha value is -3.46. The van der Waals surface area contributed by atoms with Crippen molar-refractivity contribution in [2.75, 3.05) is 11.1 Å². The zero-order valence-corrected chi connectivity index (χ0v) is 18.0. The number of halogens is 1. The highest BCUT2D eigenvalue weighted by Gasteiger charge is 2.21. The van der Waals surface area contributed by atoms with E-state index >= 15 is 0 Å². The Morgan fingerprint density at radius 1 is 1.37 bits per heavy atom. The predicted octanol–water partition coefficient (Wildman–Crippen LogP) is 3.33. The second kappa shape index (κ2) is 8.11. The molecule has 0 bridgehead atoms. The molecule has 4 aromatic rings. The van der Waals surface area contributed by atoms with Crippen LogP contribution in [0.5, 0.6) is 0 Å². The molecule has 150 valence electrons. The molecule has 0 aliphatic rings. The SMILES string of the molecule is C[C@H](Nc1ncnc(N)c1C#N)c1cc2cccc(CI)c2c(=O)n1-c1ccon1. The van der Waals surface area contributed by atoms with Crippen molar-refractivity contribution in [3.63, 3.8) is 0 Å². The second-order valence-corrected chi connectivity index (χ2v) is 7.31. The lowest BCUT2D eigenvalue weighted by molar-refractivity contribution is 0.415. The lowest BCUT2D eigenvalue weighted by atomic mass is 10.0. The smallest absolute Gasteiger partial charge is 0.264 e. The number of hydrogen-bond donors (Lipinski definition) is 2. The number of nitrogens with two attached hydrogens (primary N) is 1. The van der Waals surface area contributed by atoms with E-state index in [2.05, 4.69) is 43.0 Å². The molecule has 0 radical (unpaired) electrons. The first-order valence-corrected chi connectivity index (χ1v) is 10.5. The van der Waals surface area contributed by atoms with Gasteiger partial charge in [0.15, 0.2) is 5.82 Å². The maximum atomic E-state index is 13.5. The number of hydrogen-bond acceptors (Lipinski definition) is 8. The van der Waals surface area contributed by atoms with Gasteiger partial charge in [-0.15, -0.1) is 0 Å². The van der Waals surface area contributed by atoms with E-state index in [1.165, 1.54) is 17.2 Å². The highest BCUT2D eigenvalue weighted by molar-refractivity contribution is 14.1. The standard InChI is InChI=1S/C20H16IN7O2/c1-11(26-19-14(9-22)18(23)24-10-25-19)15-7-12-3-2-4-13(8-21)17(12)20(29)28(15)16-5-6-30-27-16/h2-7,10-11H,8H2,1H3,(H3,23,24,25,26)/t11-/m0/s1. The molecular formula is C20H16IN7O2. The van der Waals surface area contributed by atoms with E-state index in [0.717, 1.165) is 10.9 Å². The van der Waals surface area contributed by atoms with Gasteiger partial charge in [-0.2, -0.15) is 5.26 Å². The quantitative estimate of drug-likeness (QED) is 0.307. The maximum absolute atomic E-state index is 13.5. The Morgan fingerprint density at radius 3 is 2.90 bits per heavy atom. The molecular weight excluding hydrogens is 497 g/mol. The third-order valence-electron chi connectivity index (χ3n) is 4.74. The minimum atomic E-state index is -0.413. The van der Waals surface area contributed by atoms with Gasteiger partial charge >= 0.3 is 0 Å². The summed E-state index contributed by atoms with van der Waals surface area (Å²) < 4.78 is 7.19. The van der Waals surface area contributed by atoms with Crippen LogP contribution in [0.1, 0.15) is 29.8 Å². The van der Waals surface area contributed by atoms with Crippen molar-refractivity contribution < 1.29 is 4.52 Å². The minimum Gasteiger partial charge on any atom is -0.382 e. The van der Waals surface area contributed by atoms with E-state index < -0.39 is 6.04 Å². The number of nitrogen functional groups attached to an aromatic ring is 1. The number of rotatable bonds is 5. The lowest BCUT2D eigenvalue weighted by Gasteiger charge is -2.21. The minimum absolute atomic E-state index is 0.0845. The molecule has 4 rings (SSSR count). The summed E-state index contributed by atoms with van der Waals surface area (Å²) in [7, 11) is 0. The van der Waals surface area contributed by atoms with Crippen molar-refractivity contribution in [1.82, 2.24) is 19.7 Å². The average molecular weight is 513 g/mol. The fraction of sp³-hybridized carbons (Fsp3) is 0.150. The lowest BCUT2D eigenvalue weighted by Crippen LogP contribution is -2.26. The van der Waals surface area contributed by atoms with E-state index in [0.29, 0.717) is 21.3 Å². The number of fused-ring (bicyclic) bond motifs is 1. The van der Waals surface area contributed by atoms with Crippen molar-refractivity contribution in [2.24, 2.45) is 0 Å². The molecule has 3 heterocycles. The number of benzene rings is 1. The number of pyridine rings is 1. The summed E-state index contributed by atoms with van der Waals surface area (Å²) in [5.74, 6) is 0.746. The molecule has 0 amide bonds. The van der Waals surface area contributed by atoms with Gasteiger partial charge in [0, 0.05) is 10.5 Å². The zero-order chi connectivity index (χ0) is 21.3. The Morgan fingerprint density at radius 2 is 2.20 bits per heavy atom. The van der Waals surface area contributed by atoms with Crippen LogP contribution in [0.4, 0.5) is 11.6 Å². The van der Waals surface area contributed by atoms with Crippen LogP contribution in [0.15, 0.2) is 52.2 Å². The Labute approximate surface area is 184 Å². The molecule has 10 heteroatoms. The monoisotopic (exact) mass is 513 g/mol. The van der Waals surface area contributed by atoms with Crippen LogP contribution >= 0.6 is 22.6 Å². The van der Waals surface area contributed by atoms with Gasteiger partial charge in [-0.05, 0) is 23.9 Å². The molecule has 0 aliphatic heterocycles. The van der Waals surface area contributed by atoms with Gasteiger partial charge in [0.2, 0.25) is 0 Å². The number of alkyl halides is 1.